The Hall–Kier alpha value is -7.87. The van der Waals surface area contributed by atoms with E-state index in [9.17, 15) is 0 Å². The number of pyridine rings is 1. The highest BCUT2D eigenvalue weighted by molar-refractivity contribution is 6.21. The van der Waals surface area contributed by atoms with E-state index >= 15 is 0 Å². The van der Waals surface area contributed by atoms with Crippen molar-refractivity contribution in [2.24, 2.45) is 5.92 Å². The van der Waals surface area contributed by atoms with Crippen molar-refractivity contribution >= 4 is 49.0 Å². The van der Waals surface area contributed by atoms with E-state index in [1.54, 1.807) is 0 Å². The molecule has 13 rings (SSSR count). The van der Waals surface area contributed by atoms with Crippen LogP contribution in [-0.2, 0) is 5.41 Å². The SMILES string of the molecule is CC1(C)c2ccccc2-c2ccc(C3=c4ccncc4=C(c4ccc5ccccc5c4)C4CC=C(c5ccc(-c6c7ccccc7c(-c7ccccc7)c7ccccc67)cc5)C=C34)cc21. The van der Waals surface area contributed by atoms with Gasteiger partial charge in [0, 0.05) is 28.9 Å². The summed E-state index contributed by atoms with van der Waals surface area (Å²) in [6.07, 6.45) is 9.96. The maximum atomic E-state index is 4.79. The van der Waals surface area contributed by atoms with E-state index in [0.29, 0.717) is 0 Å². The molecule has 1 heterocycles. The van der Waals surface area contributed by atoms with Gasteiger partial charge in [0.05, 0.1) is 0 Å². The lowest BCUT2D eigenvalue weighted by Crippen LogP contribution is -2.38. The van der Waals surface area contributed by atoms with Gasteiger partial charge in [-0.25, -0.2) is 0 Å². The predicted octanol–water partition coefficient (Wildman–Crippen LogP) is 14.6. The number of nitrogens with zero attached hydrogens (tertiary/aromatic N) is 1. The third-order valence-corrected chi connectivity index (χ3v) is 14.7. The molecule has 0 amide bonds. The fourth-order valence-corrected chi connectivity index (χ4v) is 11.7. The Morgan fingerprint density at radius 2 is 1.05 bits per heavy atom. The van der Waals surface area contributed by atoms with Crippen LogP contribution in [0.4, 0.5) is 0 Å². The lowest BCUT2D eigenvalue weighted by Gasteiger charge is -2.33. The second-order valence-corrected chi connectivity index (χ2v) is 18.5. The molecule has 1 heteroatoms. The minimum atomic E-state index is -0.105. The van der Waals surface area contributed by atoms with Gasteiger partial charge in [-0.15, -0.1) is 0 Å². The Labute approximate surface area is 379 Å². The zero-order valence-electron chi connectivity index (χ0n) is 36.5. The van der Waals surface area contributed by atoms with Crippen LogP contribution in [0.15, 0.2) is 224 Å². The topological polar surface area (TPSA) is 12.9 Å². The number of hydrogen-bond acceptors (Lipinski definition) is 1. The molecule has 9 aromatic carbocycles. The second kappa shape index (κ2) is 14.6. The van der Waals surface area contributed by atoms with Crippen molar-refractivity contribution in [3.63, 3.8) is 0 Å². The Bertz CT molecular complexity index is 3750. The molecule has 65 heavy (non-hydrogen) atoms. The zero-order valence-corrected chi connectivity index (χ0v) is 36.5. The molecule has 3 aliphatic rings. The van der Waals surface area contributed by atoms with Gasteiger partial charge in [0.25, 0.3) is 0 Å². The first-order chi connectivity index (χ1) is 32.0. The minimum Gasteiger partial charge on any atom is -0.264 e. The summed E-state index contributed by atoms with van der Waals surface area (Å²) in [5.74, 6) is 0.158. The predicted molar refractivity (Wildman–Crippen MR) is 273 cm³/mol. The highest BCUT2D eigenvalue weighted by Gasteiger charge is 2.37. The minimum absolute atomic E-state index is 0.105. The summed E-state index contributed by atoms with van der Waals surface area (Å²) in [5.41, 5.74) is 19.5. The summed E-state index contributed by atoms with van der Waals surface area (Å²) in [4.78, 5) is 4.79. The van der Waals surface area contributed by atoms with Gasteiger partial charge in [-0.2, -0.15) is 0 Å². The number of allylic oxidation sites excluding steroid dienone is 4. The maximum absolute atomic E-state index is 4.79. The molecule has 1 nitrogen and oxygen atoms in total. The lowest BCUT2D eigenvalue weighted by atomic mass is 9.70. The van der Waals surface area contributed by atoms with E-state index in [1.807, 2.05) is 6.20 Å². The van der Waals surface area contributed by atoms with Crippen molar-refractivity contribution < 1.29 is 0 Å². The first-order valence-electron chi connectivity index (χ1n) is 23.0. The molecule has 1 aromatic heterocycles. The molecule has 0 aliphatic heterocycles. The van der Waals surface area contributed by atoms with E-state index in [-0.39, 0.29) is 11.3 Å². The number of rotatable bonds is 5. The maximum Gasteiger partial charge on any atom is 0.0349 e. The molecule has 0 radical (unpaired) electrons. The largest absolute Gasteiger partial charge is 0.264 e. The van der Waals surface area contributed by atoms with Gasteiger partial charge in [0.15, 0.2) is 0 Å². The molecule has 3 aliphatic carbocycles. The zero-order chi connectivity index (χ0) is 43.2. The van der Waals surface area contributed by atoms with E-state index in [1.165, 1.54) is 126 Å². The number of benzene rings is 9. The monoisotopic (exact) mass is 827 g/mol. The van der Waals surface area contributed by atoms with Crippen LogP contribution in [0.25, 0.3) is 82.4 Å². The first-order valence-corrected chi connectivity index (χ1v) is 23.0. The highest BCUT2D eigenvalue weighted by atomic mass is 14.6. The Kier molecular flexibility index (Phi) is 8.45. The van der Waals surface area contributed by atoms with Crippen LogP contribution in [0.2, 0.25) is 0 Å². The highest BCUT2D eigenvalue weighted by Crippen LogP contribution is 2.51. The van der Waals surface area contributed by atoms with Gasteiger partial charge in [-0.1, -0.05) is 202 Å². The molecule has 306 valence electrons. The summed E-state index contributed by atoms with van der Waals surface area (Å²) < 4.78 is 0. The Morgan fingerprint density at radius 1 is 0.462 bits per heavy atom. The standard InChI is InChI=1S/C64H45N/c1-64(2)58-23-13-12-18-48(58)49-32-31-47(38-59(49)64)62-55-34-35-65-39-57(55)63(46-29-26-40-14-6-7-17-44(40)36-46)54-33-30-45(37-56(54)62)41-24-27-43(28-25-41)61-52-21-10-8-19-50(52)60(42-15-4-3-5-16-42)51-20-9-11-22-53(51)61/h3-32,34-39,54H,33H2,1-2H3. The van der Waals surface area contributed by atoms with Crippen LogP contribution < -0.4 is 10.4 Å². The van der Waals surface area contributed by atoms with Crippen molar-refractivity contribution in [2.75, 3.05) is 0 Å². The van der Waals surface area contributed by atoms with Crippen molar-refractivity contribution in [1.82, 2.24) is 4.98 Å². The first kappa shape index (κ1) is 37.7. The third kappa shape index (κ3) is 5.82. The van der Waals surface area contributed by atoms with Crippen LogP contribution in [0.5, 0.6) is 0 Å². The summed E-state index contributed by atoms with van der Waals surface area (Å²) in [5, 5.41) is 10.1. The van der Waals surface area contributed by atoms with Crippen LogP contribution >= 0.6 is 0 Å². The molecule has 0 saturated heterocycles. The van der Waals surface area contributed by atoms with E-state index in [2.05, 4.69) is 226 Å². The summed E-state index contributed by atoms with van der Waals surface area (Å²) >= 11 is 0. The van der Waals surface area contributed by atoms with Gasteiger partial charge >= 0.3 is 0 Å². The molecule has 0 fully saturated rings. The third-order valence-electron chi connectivity index (χ3n) is 14.7. The average molecular weight is 828 g/mol. The van der Waals surface area contributed by atoms with Crippen LogP contribution in [0.3, 0.4) is 0 Å². The van der Waals surface area contributed by atoms with Crippen LogP contribution in [0.1, 0.15) is 48.1 Å². The molecule has 0 N–H and O–H groups in total. The summed E-state index contributed by atoms with van der Waals surface area (Å²) in [7, 11) is 0. The Morgan fingerprint density at radius 3 is 1.78 bits per heavy atom. The normalized spacial score (nSPS) is 15.9. The molecule has 1 unspecified atom stereocenters. The van der Waals surface area contributed by atoms with Gasteiger partial charge in [0.2, 0.25) is 0 Å². The molecule has 1 atom stereocenters. The van der Waals surface area contributed by atoms with Crippen molar-refractivity contribution in [1.29, 1.82) is 0 Å². The lowest BCUT2D eigenvalue weighted by molar-refractivity contribution is 0.660. The molecule has 0 spiro atoms. The van der Waals surface area contributed by atoms with Crippen molar-refractivity contribution in [3.05, 3.63) is 262 Å². The number of hydrogen-bond donors (Lipinski definition) is 0. The Balaban J connectivity index is 0.982. The van der Waals surface area contributed by atoms with Gasteiger partial charge in [0.1, 0.15) is 0 Å². The number of aromatic nitrogens is 1. The molecular formula is C64H45N. The molecule has 0 saturated carbocycles. The smallest absolute Gasteiger partial charge is 0.0349 e. The van der Waals surface area contributed by atoms with Crippen molar-refractivity contribution in [3.8, 4) is 33.4 Å². The fourth-order valence-electron chi connectivity index (χ4n) is 11.7. The fraction of sp³-hybridized carbons (Fsp3) is 0.0781. The molecule has 0 bridgehead atoms. The van der Waals surface area contributed by atoms with Gasteiger partial charge in [-0.05, 0) is 146 Å². The van der Waals surface area contributed by atoms with Gasteiger partial charge < -0.3 is 0 Å². The van der Waals surface area contributed by atoms with E-state index in [4.69, 9.17) is 4.98 Å². The van der Waals surface area contributed by atoms with E-state index < -0.39 is 0 Å². The molecule has 10 aromatic rings. The average Bonchev–Trinajstić information content (AvgIpc) is 3.59. The van der Waals surface area contributed by atoms with Crippen LogP contribution in [-0.4, -0.2) is 4.98 Å². The van der Waals surface area contributed by atoms with Gasteiger partial charge in [-0.3, -0.25) is 4.98 Å². The number of fused-ring (bicyclic) bond motifs is 8. The van der Waals surface area contributed by atoms with Crippen molar-refractivity contribution in [2.45, 2.75) is 25.7 Å². The second-order valence-electron chi connectivity index (χ2n) is 18.5. The quantitative estimate of drug-likeness (QED) is 0.158. The van der Waals surface area contributed by atoms with E-state index in [0.717, 1.165) is 6.42 Å². The summed E-state index contributed by atoms with van der Waals surface area (Å²) in [6.45, 7) is 4.76. The van der Waals surface area contributed by atoms with Crippen LogP contribution in [0, 0.1) is 5.92 Å². The summed E-state index contributed by atoms with van der Waals surface area (Å²) in [6, 6.07) is 72.2. The molecular weight excluding hydrogens is 783 g/mol.